The highest BCUT2D eigenvalue weighted by atomic mass is 19.1. The number of nitrogens with two attached hydrogens (primary N) is 1. The van der Waals surface area contributed by atoms with Crippen LogP contribution in [0.4, 0.5) is 4.39 Å². The Bertz CT molecular complexity index is 614. The van der Waals surface area contributed by atoms with E-state index in [0.29, 0.717) is 18.4 Å². The first-order valence-electron chi connectivity index (χ1n) is 7.94. The molecule has 0 bridgehead atoms. The average Bonchev–Trinajstić information content (AvgIpc) is 3.00. The van der Waals surface area contributed by atoms with Crippen molar-refractivity contribution in [3.8, 4) is 0 Å². The predicted molar refractivity (Wildman–Crippen MR) is 88.1 cm³/mol. The predicted octanol–water partition coefficient (Wildman–Crippen LogP) is 3.56. The van der Waals surface area contributed by atoms with Gasteiger partial charge in [-0.25, -0.2) is 4.39 Å². The van der Waals surface area contributed by atoms with E-state index >= 15 is 0 Å². The average molecular weight is 298 g/mol. The van der Waals surface area contributed by atoms with Gasteiger partial charge in [0.15, 0.2) is 0 Å². The lowest BCUT2D eigenvalue weighted by Gasteiger charge is -2.25. The molecule has 1 heterocycles. The zero-order valence-electron chi connectivity index (χ0n) is 13.0. The molecule has 1 saturated heterocycles. The highest BCUT2D eigenvalue weighted by Crippen LogP contribution is 2.36. The van der Waals surface area contributed by atoms with Gasteiger partial charge in [-0.15, -0.1) is 0 Å². The molecule has 0 aliphatic carbocycles. The van der Waals surface area contributed by atoms with Crippen LogP contribution in [-0.4, -0.2) is 24.5 Å². The second kappa shape index (κ2) is 6.59. The lowest BCUT2D eigenvalue weighted by molar-refractivity contribution is 0.247. The van der Waals surface area contributed by atoms with E-state index in [0.717, 1.165) is 18.7 Å². The van der Waals surface area contributed by atoms with Gasteiger partial charge in [-0.05, 0) is 31.0 Å². The van der Waals surface area contributed by atoms with Gasteiger partial charge in [0, 0.05) is 30.6 Å². The molecule has 2 aromatic rings. The van der Waals surface area contributed by atoms with E-state index in [9.17, 15) is 4.39 Å². The normalized spacial score (nSPS) is 23.6. The molecule has 3 heteroatoms. The molecule has 0 spiro atoms. The van der Waals surface area contributed by atoms with Crippen LogP contribution in [0.25, 0.3) is 0 Å². The van der Waals surface area contributed by atoms with Gasteiger partial charge in [0.1, 0.15) is 5.82 Å². The Labute approximate surface area is 131 Å². The summed E-state index contributed by atoms with van der Waals surface area (Å²) in [5.41, 5.74) is 8.10. The molecular weight excluding hydrogens is 275 g/mol. The second-order valence-electron chi connectivity index (χ2n) is 6.16. The van der Waals surface area contributed by atoms with Crippen LogP contribution < -0.4 is 5.73 Å². The first-order valence-corrected chi connectivity index (χ1v) is 7.94. The molecule has 22 heavy (non-hydrogen) atoms. The van der Waals surface area contributed by atoms with Gasteiger partial charge in [0.2, 0.25) is 0 Å². The molecule has 0 amide bonds. The fourth-order valence-electron chi connectivity index (χ4n) is 3.55. The third kappa shape index (κ3) is 2.92. The molecule has 3 atom stereocenters. The Morgan fingerprint density at radius 3 is 2.45 bits per heavy atom. The zero-order valence-corrected chi connectivity index (χ0v) is 13.0. The summed E-state index contributed by atoms with van der Waals surface area (Å²) in [4.78, 5) is 2.35. The summed E-state index contributed by atoms with van der Waals surface area (Å²) >= 11 is 0. The smallest absolute Gasteiger partial charge is 0.127 e. The van der Waals surface area contributed by atoms with Crippen LogP contribution in [-0.2, 0) is 0 Å². The van der Waals surface area contributed by atoms with Crippen LogP contribution in [0.3, 0.4) is 0 Å². The van der Waals surface area contributed by atoms with Gasteiger partial charge in [-0.1, -0.05) is 48.5 Å². The highest BCUT2D eigenvalue weighted by Gasteiger charge is 2.35. The van der Waals surface area contributed by atoms with Crippen molar-refractivity contribution >= 4 is 0 Å². The summed E-state index contributed by atoms with van der Waals surface area (Å²) < 4.78 is 14.0. The van der Waals surface area contributed by atoms with Crippen molar-refractivity contribution in [2.45, 2.75) is 18.9 Å². The number of hydrogen-bond acceptors (Lipinski definition) is 2. The molecule has 116 valence electrons. The molecule has 0 saturated carbocycles. The summed E-state index contributed by atoms with van der Waals surface area (Å²) in [6.07, 6.45) is 0. The standard InChI is InChI=1S/C19H23FN2/c1-14(17-9-5-6-10-19(17)20)22-12-16(11-21)18(13-22)15-7-3-2-4-8-15/h2-10,14,16,18H,11-13,21H2,1H3/t14?,16-,18+/m1/s1. The molecule has 1 aliphatic rings. The maximum Gasteiger partial charge on any atom is 0.127 e. The molecule has 1 aliphatic heterocycles. The fourth-order valence-corrected chi connectivity index (χ4v) is 3.55. The number of hydrogen-bond donors (Lipinski definition) is 1. The van der Waals surface area contributed by atoms with Crippen LogP contribution in [0.1, 0.15) is 30.0 Å². The topological polar surface area (TPSA) is 29.3 Å². The molecule has 1 unspecified atom stereocenters. The van der Waals surface area contributed by atoms with Crippen LogP contribution in [0.15, 0.2) is 54.6 Å². The van der Waals surface area contributed by atoms with E-state index in [-0.39, 0.29) is 11.9 Å². The van der Waals surface area contributed by atoms with Crippen LogP contribution in [0.5, 0.6) is 0 Å². The van der Waals surface area contributed by atoms with Crippen molar-refractivity contribution in [1.82, 2.24) is 4.90 Å². The Balaban J connectivity index is 1.81. The highest BCUT2D eigenvalue weighted by molar-refractivity contribution is 5.25. The van der Waals surface area contributed by atoms with Gasteiger partial charge in [-0.3, -0.25) is 4.90 Å². The third-order valence-electron chi connectivity index (χ3n) is 4.90. The van der Waals surface area contributed by atoms with Gasteiger partial charge < -0.3 is 5.73 Å². The van der Waals surface area contributed by atoms with Crippen molar-refractivity contribution in [3.63, 3.8) is 0 Å². The van der Waals surface area contributed by atoms with Crippen molar-refractivity contribution in [2.24, 2.45) is 11.7 Å². The third-order valence-corrected chi connectivity index (χ3v) is 4.90. The molecule has 0 aromatic heterocycles. The molecule has 2 aromatic carbocycles. The molecule has 0 radical (unpaired) electrons. The summed E-state index contributed by atoms with van der Waals surface area (Å²) in [5, 5.41) is 0. The molecule has 2 N–H and O–H groups in total. The van der Waals surface area contributed by atoms with Crippen LogP contribution in [0.2, 0.25) is 0 Å². The lowest BCUT2D eigenvalue weighted by atomic mass is 9.89. The van der Waals surface area contributed by atoms with Crippen molar-refractivity contribution in [3.05, 3.63) is 71.5 Å². The van der Waals surface area contributed by atoms with E-state index in [1.54, 1.807) is 6.07 Å². The van der Waals surface area contributed by atoms with E-state index in [2.05, 4.69) is 36.1 Å². The van der Waals surface area contributed by atoms with E-state index in [1.165, 1.54) is 11.6 Å². The maximum absolute atomic E-state index is 14.0. The second-order valence-corrected chi connectivity index (χ2v) is 6.16. The monoisotopic (exact) mass is 298 g/mol. The van der Waals surface area contributed by atoms with Crippen molar-refractivity contribution < 1.29 is 4.39 Å². The van der Waals surface area contributed by atoms with Gasteiger partial charge in [-0.2, -0.15) is 0 Å². The zero-order chi connectivity index (χ0) is 15.5. The van der Waals surface area contributed by atoms with Crippen LogP contribution >= 0.6 is 0 Å². The van der Waals surface area contributed by atoms with Gasteiger partial charge >= 0.3 is 0 Å². The lowest BCUT2D eigenvalue weighted by Crippen LogP contribution is -2.26. The summed E-state index contributed by atoms with van der Waals surface area (Å²) in [7, 11) is 0. The Morgan fingerprint density at radius 2 is 1.77 bits per heavy atom. The molecule has 1 fully saturated rings. The number of benzene rings is 2. The minimum absolute atomic E-state index is 0.0731. The van der Waals surface area contributed by atoms with Gasteiger partial charge in [0.05, 0.1) is 0 Å². The van der Waals surface area contributed by atoms with Crippen molar-refractivity contribution in [2.75, 3.05) is 19.6 Å². The largest absolute Gasteiger partial charge is 0.330 e. The Kier molecular flexibility index (Phi) is 4.55. The van der Waals surface area contributed by atoms with Gasteiger partial charge in [0.25, 0.3) is 0 Å². The number of halogens is 1. The molecular formula is C19H23FN2. The number of rotatable bonds is 4. The van der Waals surface area contributed by atoms with Crippen molar-refractivity contribution in [1.29, 1.82) is 0 Å². The number of likely N-dealkylation sites (tertiary alicyclic amines) is 1. The Hall–Kier alpha value is -1.71. The van der Waals surface area contributed by atoms with E-state index in [1.807, 2.05) is 18.2 Å². The molecule has 3 rings (SSSR count). The quantitative estimate of drug-likeness (QED) is 0.935. The maximum atomic E-state index is 14.0. The number of nitrogens with zero attached hydrogens (tertiary/aromatic N) is 1. The van der Waals surface area contributed by atoms with E-state index < -0.39 is 0 Å². The minimum Gasteiger partial charge on any atom is -0.330 e. The van der Waals surface area contributed by atoms with E-state index in [4.69, 9.17) is 5.73 Å². The summed E-state index contributed by atoms with van der Waals surface area (Å²) in [5.74, 6) is 0.736. The molecule has 2 nitrogen and oxygen atoms in total. The SMILES string of the molecule is CC(c1ccccc1F)N1C[C@@H](CN)[C@H](c2ccccc2)C1. The fraction of sp³-hybridized carbons (Fsp3) is 0.368. The first kappa shape index (κ1) is 15.2. The summed E-state index contributed by atoms with van der Waals surface area (Å²) in [6, 6.07) is 17.7. The first-order chi connectivity index (χ1) is 10.7. The minimum atomic E-state index is -0.123. The Morgan fingerprint density at radius 1 is 1.09 bits per heavy atom. The summed E-state index contributed by atoms with van der Waals surface area (Å²) in [6.45, 7) is 4.60. The van der Waals surface area contributed by atoms with Crippen LogP contribution in [0, 0.1) is 11.7 Å².